The summed E-state index contributed by atoms with van der Waals surface area (Å²) in [6, 6.07) is 24.3. The molecule has 0 aliphatic carbocycles. The number of hydrogen-bond acceptors (Lipinski definition) is 2. The van der Waals surface area contributed by atoms with E-state index in [4.69, 9.17) is 0 Å². The van der Waals surface area contributed by atoms with Gasteiger partial charge in [0.1, 0.15) is 6.54 Å². The molecule has 0 saturated heterocycles. The Bertz CT molecular complexity index is 1040. The third kappa shape index (κ3) is 7.48. The van der Waals surface area contributed by atoms with Gasteiger partial charge in [-0.2, -0.15) is 0 Å². The van der Waals surface area contributed by atoms with E-state index in [1.165, 1.54) is 5.56 Å². The van der Waals surface area contributed by atoms with Gasteiger partial charge >= 0.3 is 0 Å². The molecule has 0 N–H and O–H groups in total. The van der Waals surface area contributed by atoms with Gasteiger partial charge in [0.25, 0.3) is 0 Å². The molecule has 0 radical (unpaired) electrons. The zero-order valence-electron chi connectivity index (χ0n) is 20.1. The molecule has 5 heteroatoms. The highest BCUT2D eigenvalue weighted by Gasteiger charge is 2.21. The fourth-order valence-corrected chi connectivity index (χ4v) is 3.92. The summed E-state index contributed by atoms with van der Waals surface area (Å²) in [5.41, 5.74) is 3.32. The lowest BCUT2D eigenvalue weighted by atomic mass is 10.2. The molecular formula is C29H35N3O2. The van der Waals surface area contributed by atoms with Crippen molar-refractivity contribution in [3.05, 3.63) is 108 Å². The van der Waals surface area contributed by atoms with Crippen LogP contribution in [0.2, 0.25) is 0 Å². The van der Waals surface area contributed by atoms with Crippen LogP contribution in [-0.4, -0.2) is 39.3 Å². The average Bonchev–Trinajstić information content (AvgIpc) is 3.29. The molecule has 178 valence electrons. The minimum atomic E-state index is -0.0667. The van der Waals surface area contributed by atoms with Crippen molar-refractivity contribution in [1.82, 2.24) is 14.4 Å². The summed E-state index contributed by atoms with van der Waals surface area (Å²) in [5, 5.41) is 0. The van der Waals surface area contributed by atoms with Gasteiger partial charge in [-0.1, -0.05) is 80.1 Å². The van der Waals surface area contributed by atoms with Crippen LogP contribution in [0.3, 0.4) is 0 Å². The number of nitrogens with zero attached hydrogens (tertiary/aromatic N) is 3. The number of unbranched alkanes of at least 4 members (excludes halogenated alkanes) is 1. The van der Waals surface area contributed by atoms with Crippen molar-refractivity contribution in [2.24, 2.45) is 0 Å². The first-order valence-corrected chi connectivity index (χ1v) is 12.0. The third-order valence-corrected chi connectivity index (χ3v) is 5.81. The average molecular weight is 458 g/mol. The topological polar surface area (TPSA) is 45.6 Å². The van der Waals surface area contributed by atoms with Gasteiger partial charge in [-0.15, -0.1) is 6.58 Å². The summed E-state index contributed by atoms with van der Waals surface area (Å²) in [6.07, 6.45) is 5.95. The number of hydrogen-bond donors (Lipinski definition) is 0. The number of benzene rings is 2. The molecular weight excluding hydrogens is 422 g/mol. The maximum atomic E-state index is 13.5. The molecule has 2 amide bonds. The van der Waals surface area contributed by atoms with E-state index in [-0.39, 0.29) is 18.4 Å². The van der Waals surface area contributed by atoms with Gasteiger partial charge < -0.3 is 14.4 Å². The lowest BCUT2D eigenvalue weighted by molar-refractivity contribution is -0.141. The van der Waals surface area contributed by atoms with Crippen LogP contribution < -0.4 is 0 Å². The molecule has 1 heterocycles. The third-order valence-electron chi connectivity index (χ3n) is 5.81. The van der Waals surface area contributed by atoms with Crippen molar-refractivity contribution in [2.45, 2.75) is 45.8 Å². The molecule has 5 nitrogen and oxygen atoms in total. The molecule has 2 aromatic carbocycles. The van der Waals surface area contributed by atoms with Crippen molar-refractivity contribution in [1.29, 1.82) is 0 Å². The van der Waals surface area contributed by atoms with Gasteiger partial charge in [-0.3, -0.25) is 9.59 Å². The van der Waals surface area contributed by atoms with Gasteiger partial charge in [0.05, 0.1) is 6.54 Å². The van der Waals surface area contributed by atoms with Crippen LogP contribution >= 0.6 is 0 Å². The SMILES string of the molecule is C=CCN(CC(=O)N(Cc1ccccc1)Cc1cccn1Cc1ccccc1)C(=O)CCCC. The smallest absolute Gasteiger partial charge is 0.242 e. The van der Waals surface area contributed by atoms with E-state index in [2.05, 4.69) is 36.3 Å². The second-order valence-corrected chi connectivity index (χ2v) is 8.51. The lowest BCUT2D eigenvalue weighted by Crippen LogP contribution is -2.42. The fourth-order valence-electron chi connectivity index (χ4n) is 3.92. The van der Waals surface area contributed by atoms with Crippen molar-refractivity contribution in [3.8, 4) is 0 Å². The molecule has 0 aliphatic rings. The molecule has 3 aromatic rings. The molecule has 0 fully saturated rings. The van der Waals surface area contributed by atoms with Crippen molar-refractivity contribution in [3.63, 3.8) is 0 Å². The maximum absolute atomic E-state index is 13.5. The Labute approximate surface area is 203 Å². The van der Waals surface area contributed by atoms with Crippen molar-refractivity contribution >= 4 is 11.8 Å². The Kier molecular flexibility index (Phi) is 9.71. The molecule has 0 aliphatic heterocycles. The minimum absolute atomic E-state index is 0.00205. The first-order valence-electron chi connectivity index (χ1n) is 12.0. The van der Waals surface area contributed by atoms with Crippen molar-refractivity contribution in [2.75, 3.05) is 13.1 Å². The number of rotatable bonds is 13. The Morgan fingerprint density at radius 2 is 1.53 bits per heavy atom. The quantitative estimate of drug-likeness (QED) is 0.328. The van der Waals surface area contributed by atoms with E-state index in [1.54, 1.807) is 11.0 Å². The van der Waals surface area contributed by atoms with Gasteiger partial charge in [0.2, 0.25) is 11.8 Å². The second kappa shape index (κ2) is 13.2. The number of carbonyl (C=O) groups excluding carboxylic acids is 2. The van der Waals surface area contributed by atoms with Crippen LogP contribution in [0, 0.1) is 0 Å². The number of amides is 2. The highest BCUT2D eigenvalue weighted by Crippen LogP contribution is 2.14. The molecule has 0 unspecified atom stereocenters. The summed E-state index contributed by atoms with van der Waals surface area (Å²) in [4.78, 5) is 29.6. The monoisotopic (exact) mass is 457 g/mol. The Morgan fingerprint density at radius 1 is 0.853 bits per heavy atom. The Hall–Kier alpha value is -3.60. The summed E-state index contributed by atoms with van der Waals surface area (Å²) in [6.45, 7) is 7.96. The van der Waals surface area contributed by atoms with Crippen LogP contribution in [0.15, 0.2) is 91.6 Å². The molecule has 34 heavy (non-hydrogen) atoms. The minimum Gasteiger partial charge on any atom is -0.345 e. The van der Waals surface area contributed by atoms with Gasteiger partial charge in [0, 0.05) is 37.9 Å². The van der Waals surface area contributed by atoms with E-state index < -0.39 is 0 Å². The number of carbonyl (C=O) groups is 2. The highest BCUT2D eigenvalue weighted by molar-refractivity contribution is 5.85. The molecule has 0 spiro atoms. The lowest BCUT2D eigenvalue weighted by Gasteiger charge is -2.28. The standard InChI is InChI=1S/C29H35N3O2/c1-3-5-18-28(33)31(19-4-2)24-29(34)32(22-26-15-10-7-11-16-26)23-27-17-12-20-30(27)21-25-13-8-6-9-14-25/h4,6-17,20H,2-3,5,18-19,21-24H2,1H3. The summed E-state index contributed by atoms with van der Waals surface area (Å²) in [7, 11) is 0. The fraction of sp³-hybridized carbons (Fsp3) is 0.310. The largest absolute Gasteiger partial charge is 0.345 e. The normalized spacial score (nSPS) is 10.6. The van der Waals surface area contributed by atoms with E-state index in [0.29, 0.717) is 26.1 Å². The van der Waals surface area contributed by atoms with E-state index in [9.17, 15) is 9.59 Å². The first kappa shape index (κ1) is 25.0. The molecule has 1 aromatic heterocycles. The predicted molar refractivity (Wildman–Crippen MR) is 137 cm³/mol. The molecule has 3 rings (SSSR count). The van der Waals surface area contributed by atoms with Crippen LogP contribution in [0.4, 0.5) is 0 Å². The van der Waals surface area contributed by atoms with Crippen LogP contribution in [0.1, 0.15) is 43.0 Å². The van der Waals surface area contributed by atoms with E-state index in [0.717, 1.165) is 30.6 Å². The summed E-state index contributed by atoms with van der Waals surface area (Å²) < 4.78 is 2.18. The van der Waals surface area contributed by atoms with E-state index >= 15 is 0 Å². The predicted octanol–water partition coefficient (Wildman–Crippen LogP) is 5.27. The zero-order chi connectivity index (χ0) is 24.2. The summed E-state index contributed by atoms with van der Waals surface area (Å²) >= 11 is 0. The molecule has 0 saturated carbocycles. The maximum Gasteiger partial charge on any atom is 0.242 e. The second-order valence-electron chi connectivity index (χ2n) is 8.51. The van der Waals surface area contributed by atoms with Gasteiger partial charge in [-0.05, 0) is 29.7 Å². The van der Waals surface area contributed by atoms with Crippen LogP contribution in [-0.2, 0) is 29.2 Å². The first-order chi connectivity index (χ1) is 16.6. The van der Waals surface area contributed by atoms with Crippen LogP contribution in [0.25, 0.3) is 0 Å². The Balaban J connectivity index is 1.78. The van der Waals surface area contributed by atoms with Gasteiger partial charge in [0.15, 0.2) is 0 Å². The van der Waals surface area contributed by atoms with E-state index in [1.807, 2.05) is 65.7 Å². The highest BCUT2D eigenvalue weighted by atomic mass is 16.2. The van der Waals surface area contributed by atoms with Crippen LogP contribution in [0.5, 0.6) is 0 Å². The Morgan fingerprint density at radius 3 is 2.18 bits per heavy atom. The summed E-state index contributed by atoms with van der Waals surface area (Å²) in [5.74, 6) is -0.0646. The number of aromatic nitrogens is 1. The molecule has 0 bridgehead atoms. The van der Waals surface area contributed by atoms with Crippen molar-refractivity contribution < 1.29 is 9.59 Å². The van der Waals surface area contributed by atoms with Gasteiger partial charge in [-0.25, -0.2) is 0 Å². The molecule has 0 atom stereocenters. The zero-order valence-corrected chi connectivity index (χ0v) is 20.1.